The van der Waals surface area contributed by atoms with Crippen LogP contribution in [0.25, 0.3) is 6.08 Å². The number of carbonyl (C=O) groups is 2. The summed E-state index contributed by atoms with van der Waals surface area (Å²) < 4.78 is 28.4. The topological polar surface area (TPSA) is 120 Å². The van der Waals surface area contributed by atoms with Gasteiger partial charge in [-0.05, 0) is 19.1 Å². The minimum Gasteiger partial charge on any atom is -0.294 e. The zero-order valence-electron chi connectivity index (χ0n) is 14.5. The monoisotopic (exact) mass is 378 g/mol. The number of allylic oxidation sites excluding steroid dienone is 1. The Bertz CT molecular complexity index is 1050. The van der Waals surface area contributed by atoms with Crippen LogP contribution in [0.2, 0.25) is 0 Å². The van der Waals surface area contributed by atoms with E-state index < -0.39 is 21.7 Å². The standard InChI is InChI=1S/C16H18N4O5S/c1-4-8-14-17-20(16(23)19(14)3)15(22)18-26(24,25)13-10-7-6-9-11(13)12(21)5-2/h4,6-10H,5H2,1-3H3,(H,18,22)/b8-4+. The molecule has 1 amide bonds. The van der Waals surface area contributed by atoms with E-state index in [4.69, 9.17) is 0 Å². The maximum absolute atomic E-state index is 12.5. The summed E-state index contributed by atoms with van der Waals surface area (Å²) in [5.41, 5.74) is -0.831. The highest BCUT2D eigenvalue weighted by molar-refractivity contribution is 7.90. The normalized spacial score (nSPS) is 11.7. The molecule has 0 bridgehead atoms. The molecule has 1 aromatic heterocycles. The molecular formula is C16H18N4O5S. The highest BCUT2D eigenvalue weighted by atomic mass is 32.2. The van der Waals surface area contributed by atoms with Gasteiger partial charge in [0.25, 0.3) is 10.0 Å². The van der Waals surface area contributed by atoms with Crippen molar-refractivity contribution in [2.75, 3.05) is 0 Å². The van der Waals surface area contributed by atoms with Crippen molar-refractivity contribution in [1.29, 1.82) is 0 Å². The van der Waals surface area contributed by atoms with Crippen LogP contribution in [0.4, 0.5) is 4.79 Å². The molecule has 0 saturated heterocycles. The van der Waals surface area contributed by atoms with Gasteiger partial charge in [-0.1, -0.05) is 31.2 Å². The van der Waals surface area contributed by atoms with Gasteiger partial charge < -0.3 is 0 Å². The molecule has 10 heteroatoms. The molecule has 1 N–H and O–H groups in total. The maximum Gasteiger partial charge on any atom is 0.360 e. The number of sulfonamides is 1. The molecule has 9 nitrogen and oxygen atoms in total. The van der Waals surface area contributed by atoms with E-state index in [1.807, 2.05) is 0 Å². The fraction of sp³-hybridized carbons (Fsp3) is 0.250. The molecule has 0 atom stereocenters. The van der Waals surface area contributed by atoms with E-state index in [9.17, 15) is 22.8 Å². The second-order valence-electron chi connectivity index (χ2n) is 5.30. The summed E-state index contributed by atoms with van der Waals surface area (Å²) in [7, 11) is -2.97. The van der Waals surface area contributed by atoms with E-state index >= 15 is 0 Å². The average molecular weight is 378 g/mol. The Morgan fingerprint density at radius 2 is 1.92 bits per heavy atom. The number of nitrogens with zero attached hydrogens (tertiary/aromatic N) is 3. The molecule has 0 aliphatic heterocycles. The molecule has 0 spiro atoms. The van der Waals surface area contributed by atoms with E-state index in [1.165, 1.54) is 37.4 Å². The molecule has 2 rings (SSSR count). The first-order chi connectivity index (χ1) is 12.2. The van der Waals surface area contributed by atoms with E-state index in [0.29, 0.717) is 4.68 Å². The van der Waals surface area contributed by atoms with Gasteiger partial charge in [-0.2, -0.15) is 0 Å². The molecule has 138 valence electrons. The number of aromatic nitrogens is 3. The van der Waals surface area contributed by atoms with Crippen LogP contribution in [0, 0.1) is 0 Å². The van der Waals surface area contributed by atoms with Crippen LogP contribution < -0.4 is 10.4 Å². The highest BCUT2D eigenvalue weighted by Gasteiger charge is 2.26. The lowest BCUT2D eigenvalue weighted by molar-refractivity contribution is 0.0985. The minimum atomic E-state index is -4.37. The third-order valence-corrected chi connectivity index (χ3v) is 4.92. The largest absolute Gasteiger partial charge is 0.360 e. The lowest BCUT2D eigenvalue weighted by Crippen LogP contribution is -2.40. The Balaban J connectivity index is 2.43. The number of nitrogens with one attached hydrogen (secondary N) is 1. The summed E-state index contributed by atoms with van der Waals surface area (Å²) in [6.45, 7) is 3.30. The zero-order valence-corrected chi connectivity index (χ0v) is 15.3. The van der Waals surface area contributed by atoms with Crippen molar-refractivity contribution in [1.82, 2.24) is 19.1 Å². The third-order valence-electron chi connectivity index (χ3n) is 3.54. The van der Waals surface area contributed by atoms with Gasteiger partial charge in [0.2, 0.25) is 0 Å². The fourth-order valence-corrected chi connectivity index (χ4v) is 3.37. The Hall–Kier alpha value is -3.01. The molecule has 2 aromatic rings. The van der Waals surface area contributed by atoms with Gasteiger partial charge in [0.1, 0.15) is 0 Å². The highest BCUT2D eigenvalue weighted by Crippen LogP contribution is 2.17. The number of rotatable bonds is 5. The molecule has 1 aromatic carbocycles. The number of ketones is 1. The molecule has 0 aliphatic rings. The summed E-state index contributed by atoms with van der Waals surface area (Å²) in [5, 5.41) is 3.79. The van der Waals surface area contributed by atoms with Gasteiger partial charge in [0.15, 0.2) is 11.6 Å². The predicted octanol–water partition coefficient (Wildman–Crippen LogP) is 1.15. The Morgan fingerprint density at radius 3 is 2.54 bits per heavy atom. The fourth-order valence-electron chi connectivity index (χ4n) is 2.21. The maximum atomic E-state index is 12.5. The summed E-state index contributed by atoms with van der Waals surface area (Å²) in [6, 6.07) is 4.30. The third kappa shape index (κ3) is 3.64. The first kappa shape index (κ1) is 19.3. The average Bonchev–Trinajstić information content (AvgIpc) is 2.89. The number of Topliss-reactive ketones (excluding diaryl/α,β-unsaturated/α-hetero) is 1. The van der Waals surface area contributed by atoms with Crippen molar-refractivity contribution in [3.8, 4) is 0 Å². The van der Waals surface area contributed by atoms with Crippen molar-refractivity contribution in [2.45, 2.75) is 25.2 Å². The van der Waals surface area contributed by atoms with Crippen molar-refractivity contribution >= 4 is 27.9 Å². The lowest BCUT2D eigenvalue weighted by atomic mass is 10.1. The van der Waals surface area contributed by atoms with Crippen LogP contribution in [0.5, 0.6) is 0 Å². The minimum absolute atomic E-state index is 0.0294. The quantitative estimate of drug-likeness (QED) is 0.780. The van der Waals surface area contributed by atoms with Crippen LogP contribution in [0.1, 0.15) is 36.5 Å². The molecule has 26 heavy (non-hydrogen) atoms. The second kappa shape index (κ2) is 7.48. The van der Waals surface area contributed by atoms with Crippen molar-refractivity contribution in [3.05, 3.63) is 52.2 Å². The summed E-state index contributed by atoms with van der Waals surface area (Å²) in [4.78, 5) is 36.0. The van der Waals surface area contributed by atoms with Gasteiger partial charge in [-0.25, -0.2) is 22.7 Å². The first-order valence-electron chi connectivity index (χ1n) is 7.71. The van der Waals surface area contributed by atoms with Crippen molar-refractivity contribution in [2.24, 2.45) is 7.05 Å². The lowest BCUT2D eigenvalue weighted by Gasteiger charge is -2.09. The van der Waals surface area contributed by atoms with E-state index in [1.54, 1.807) is 24.6 Å². The molecule has 1 heterocycles. The van der Waals surface area contributed by atoms with Crippen LogP contribution in [-0.4, -0.2) is 34.6 Å². The van der Waals surface area contributed by atoms with Crippen LogP contribution in [-0.2, 0) is 17.1 Å². The van der Waals surface area contributed by atoms with Gasteiger partial charge in [0, 0.05) is 19.0 Å². The number of amides is 1. The van der Waals surface area contributed by atoms with E-state index in [-0.39, 0.29) is 28.5 Å². The molecule has 0 saturated carbocycles. The predicted molar refractivity (Wildman–Crippen MR) is 94.4 cm³/mol. The number of hydrogen-bond acceptors (Lipinski definition) is 6. The van der Waals surface area contributed by atoms with E-state index in [2.05, 4.69) is 5.10 Å². The van der Waals surface area contributed by atoms with Crippen molar-refractivity contribution in [3.63, 3.8) is 0 Å². The van der Waals surface area contributed by atoms with Crippen LogP contribution >= 0.6 is 0 Å². The summed E-state index contributed by atoms with van der Waals surface area (Å²) >= 11 is 0. The second-order valence-corrected chi connectivity index (χ2v) is 6.95. The zero-order chi connectivity index (χ0) is 19.5. The summed E-state index contributed by atoms with van der Waals surface area (Å²) in [5.74, 6) is -0.199. The number of hydrogen-bond donors (Lipinski definition) is 1. The van der Waals surface area contributed by atoms with E-state index in [0.717, 1.165) is 4.57 Å². The Kier molecular flexibility index (Phi) is 5.56. The SMILES string of the molecule is C/C=C/c1nn(C(=O)NS(=O)(=O)c2ccccc2C(=O)CC)c(=O)n1C. The smallest absolute Gasteiger partial charge is 0.294 e. The van der Waals surface area contributed by atoms with Gasteiger partial charge in [0.05, 0.1) is 4.90 Å². The van der Waals surface area contributed by atoms with Crippen LogP contribution in [0.15, 0.2) is 40.0 Å². The molecule has 0 unspecified atom stereocenters. The Labute approximate surface area is 150 Å². The van der Waals surface area contributed by atoms with Crippen molar-refractivity contribution < 1.29 is 18.0 Å². The van der Waals surface area contributed by atoms with Gasteiger partial charge in [-0.15, -0.1) is 9.78 Å². The van der Waals surface area contributed by atoms with Gasteiger partial charge in [-0.3, -0.25) is 9.36 Å². The first-order valence-corrected chi connectivity index (χ1v) is 9.19. The Morgan fingerprint density at radius 1 is 1.27 bits per heavy atom. The number of benzene rings is 1. The summed E-state index contributed by atoms with van der Waals surface area (Å²) in [6.07, 6.45) is 3.22. The molecule has 0 radical (unpaired) electrons. The van der Waals surface area contributed by atoms with Gasteiger partial charge >= 0.3 is 11.7 Å². The number of carbonyl (C=O) groups excluding carboxylic acids is 2. The molecular weight excluding hydrogens is 360 g/mol. The molecule has 0 fully saturated rings. The van der Waals surface area contributed by atoms with Crippen LogP contribution in [0.3, 0.4) is 0 Å². The molecule has 0 aliphatic carbocycles.